The summed E-state index contributed by atoms with van der Waals surface area (Å²) in [6.45, 7) is 3.70. The van der Waals surface area contributed by atoms with Crippen molar-refractivity contribution in [3.05, 3.63) is 66.7 Å². The first-order valence-electron chi connectivity index (χ1n) is 8.70. The van der Waals surface area contributed by atoms with Gasteiger partial charge in [0, 0.05) is 48.3 Å². The molecule has 1 fully saturated rings. The monoisotopic (exact) mass is 403 g/mol. The molecule has 0 amide bonds. The second-order valence-corrected chi connectivity index (χ2v) is 7.99. The third-order valence-corrected chi connectivity index (χ3v) is 6.07. The molecule has 142 valence electrons. The molecule has 0 radical (unpaired) electrons. The van der Waals surface area contributed by atoms with E-state index in [9.17, 15) is 8.42 Å². The van der Waals surface area contributed by atoms with Crippen molar-refractivity contribution in [2.75, 3.05) is 35.8 Å². The molecule has 0 saturated carbocycles. The average Bonchev–Trinajstić information content (AvgIpc) is 2.68. The molecule has 1 saturated heterocycles. The molecule has 0 aromatic heterocycles. The Kier molecular flexibility index (Phi) is 5.89. The predicted molar refractivity (Wildman–Crippen MR) is 114 cm³/mol. The first kappa shape index (κ1) is 19.5. The molecule has 1 aliphatic rings. The maximum absolute atomic E-state index is 13.0. The van der Waals surface area contributed by atoms with E-state index < -0.39 is 10.0 Å². The van der Waals surface area contributed by atoms with Crippen LogP contribution < -0.4 is 14.9 Å². The van der Waals surface area contributed by atoms with Crippen molar-refractivity contribution in [2.45, 2.75) is 4.90 Å². The largest absolute Gasteiger partial charge is 0.368 e. The number of hydrogen-bond acceptors (Lipinski definition) is 4. The zero-order chi connectivity index (χ0) is 18.0. The number of rotatable bonds is 4. The Morgan fingerprint density at radius 1 is 0.815 bits per heavy atom. The van der Waals surface area contributed by atoms with Gasteiger partial charge in [-0.05, 0) is 24.3 Å². The van der Waals surface area contributed by atoms with Crippen molar-refractivity contribution < 1.29 is 8.42 Å². The summed E-state index contributed by atoms with van der Waals surface area (Å²) >= 11 is 0. The summed E-state index contributed by atoms with van der Waals surface area (Å²) in [6.07, 6.45) is 0. The van der Waals surface area contributed by atoms with Crippen molar-refractivity contribution in [3.63, 3.8) is 0 Å². The van der Waals surface area contributed by atoms with E-state index in [1.807, 2.05) is 48.5 Å². The van der Waals surface area contributed by atoms with Crippen LogP contribution in [-0.4, -0.2) is 34.6 Å². The lowest BCUT2D eigenvalue weighted by molar-refractivity contribution is 0.590. The topological polar surface area (TPSA) is 61.4 Å². The molecule has 3 aromatic rings. The van der Waals surface area contributed by atoms with Gasteiger partial charge in [0.15, 0.2) is 0 Å². The van der Waals surface area contributed by atoms with E-state index in [-0.39, 0.29) is 12.4 Å². The van der Waals surface area contributed by atoms with Crippen molar-refractivity contribution in [1.29, 1.82) is 0 Å². The van der Waals surface area contributed by atoms with Gasteiger partial charge in [0.1, 0.15) is 0 Å². The van der Waals surface area contributed by atoms with Crippen LogP contribution in [0.15, 0.2) is 71.6 Å². The quantitative estimate of drug-likeness (QED) is 0.700. The summed E-state index contributed by atoms with van der Waals surface area (Å²) in [4.78, 5) is 2.61. The number of halogens is 1. The molecule has 2 N–H and O–H groups in total. The SMILES string of the molecule is Cl.O=S(=O)(Nc1ccccc1)c1ccc(N2CCNCC2)c2ccccc12. The molecular formula is C20H22ClN3O2S. The van der Waals surface area contributed by atoms with Crippen molar-refractivity contribution >= 4 is 44.6 Å². The van der Waals surface area contributed by atoms with Crippen LogP contribution in [0.25, 0.3) is 10.8 Å². The van der Waals surface area contributed by atoms with Gasteiger partial charge in [-0.2, -0.15) is 0 Å². The van der Waals surface area contributed by atoms with E-state index in [1.54, 1.807) is 18.2 Å². The minimum Gasteiger partial charge on any atom is -0.368 e. The van der Waals surface area contributed by atoms with Crippen LogP contribution in [0.5, 0.6) is 0 Å². The Hall–Kier alpha value is -2.28. The van der Waals surface area contributed by atoms with Crippen LogP contribution in [0.4, 0.5) is 11.4 Å². The fraction of sp³-hybridized carbons (Fsp3) is 0.200. The molecule has 4 rings (SSSR count). The van der Waals surface area contributed by atoms with Crippen molar-refractivity contribution in [2.24, 2.45) is 0 Å². The van der Waals surface area contributed by atoms with Crippen LogP contribution in [0, 0.1) is 0 Å². The number of nitrogens with zero attached hydrogens (tertiary/aromatic N) is 1. The van der Waals surface area contributed by atoms with Gasteiger partial charge in [-0.15, -0.1) is 12.4 Å². The lowest BCUT2D eigenvalue weighted by atomic mass is 10.1. The van der Waals surface area contributed by atoms with Gasteiger partial charge >= 0.3 is 0 Å². The van der Waals surface area contributed by atoms with Gasteiger partial charge in [0.2, 0.25) is 0 Å². The zero-order valence-corrected chi connectivity index (χ0v) is 16.4. The second-order valence-electron chi connectivity index (χ2n) is 6.34. The summed E-state index contributed by atoms with van der Waals surface area (Å²) in [5, 5.41) is 5.05. The summed E-state index contributed by atoms with van der Waals surface area (Å²) in [7, 11) is -3.67. The highest BCUT2D eigenvalue weighted by Gasteiger charge is 2.21. The van der Waals surface area contributed by atoms with Crippen LogP contribution >= 0.6 is 12.4 Å². The van der Waals surface area contributed by atoms with E-state index in [1.165, 1.54) is 0 Å². The number of fused-ring (bicyclic) bond motifs is 1. The van der Waals surface area contributed by atoms with E-state index >= 15 is 0 Å². The fourth-order valence-corrected chi connectivity index (χ4v) is 4.66. The van der Waals surface area contributed by atoms with Crippen molar-refractivity contribution in [3.8, 4) is 0 Å². The number of sulfonamides is 1. The molecule has 5 nitrogen and oxygen atoms in total. The Labute approximate surface area is 165 Å². The molecule has 1 heterocycles. The lowest BCUT2D eigenvalue weighted by Gasteiger charge is -2.30. The molecule has 7 heteroatoms. The van der Waals surface area contributed by atoms with Gasteiger partial charge in [0.25, 0.3) is 10.0 Å². The first-order valence-corrected chi connectivity index (χ1v) is 10.2. The number of piperazine rings is 1. The summed E-state index contributed by atoms with van der Waals surface area (Å²) in [5.41, 5.74) is 1.64. The molecule has 0 spiro atoms. The Balaban J connectivity index is 0.00000210. The van der Waals surface area contributed by atoms with Crippen LogP contribution in [-0.2, 0) is 10.0 Å². The normalized spacial score (nSPS) is 14.6. The highest BCUT2D eigenvalue weighted by molar-refractivity contribution is 7.93. The maximum Gasteiger partial charge on any atom is 0.262 e. The first-order chi connectivity index (χ1) is 12.6. The summed E-state index contributed by atoms with van der Waals surface area (Å²) in [5.74, 6) is 0. The minimum atomic E-state index is -3.67. The lowest BCUT2D eigenvalue weighted by Crippen LogP contribution is -2.43. The van der Waals surface area contributed by atoms with E-state index in [2.05, 4.69) is 14.9 Å². The minimum absolute atomic E-state index is 0. The van der Waals surface area contributed by atoms with Gasteiger partial charge in [-0.25, -0.2) is 8.42 Å². The molecule has 0 atom stereocenters. The number of anilines is 2. The zero-order valence-electron chi connectivity index (χ0n) is 14.8. The second kappa shape index (κ2) is 8.17. The standard InChI is InChI=1S/C20H21N3O2S.ClH/c24-26(25,22-16-6-2-1-3-7-16)20-11-10-19(23-14-12-21-13-15-23)17-8-4-5-9-18(17)20;/h1-11,21-22H,12-15H2;1H. The highest BCUT2D eigenvalue weighted by atomic mass is 35.5. The number of hydrogen-bond donors (Lipinski definition) is 2. The van der Waals surface area contributed by atoms with Gasteiger partial charge in [-0.1, -0.05) is 42.5 Å². The summed E-state index contributed by atoms with van der Waals surface area (Å²) < 4.78 is 28.6. The van der Waals surface area contributed by atoms with Crippen molar-refractivity contribution in [1.82, 2.24) is 5.32 Å². The third kappa shape index (κ3) is 4.03. The average molecular weight is 404 g/mol. The van der Waals surface area contributed by atoms with E-state index in [4.69, 9.17) is 0 Å². The van der Waals surface area contributed by atoms with Crippen LogP contribution in [0.2, 0.25) is 0 Å². The molecule has 27 heavy (non-hydrogen) atoms. The van der Waals surface area contributed by atoms with E-state index in [0.717, 1.165) is 42.6 Å². The van der Waals surface area contributed by atoms with Crippen LogP contribution in [0.3, 0.4) is 0 Å². The fourth-order valence-electron chi connectivity index (χ4n) is 3.39. The molecular weight excluding hydrogens is 382 g/mol. The smallest absolute Gasteiger partial charge is 0.262 e. The Bertz CT molecular complexity index is 1020. The Morgan fingerprint density at radius 2 is 1.44 bits per heavy atom. The molecule has 0 unspecified atom stereocenters. The number of para-hydroxylation sites is 1. The number of nitrogens with one attached hydrogen (secondary N) is 2. The highest BCUT2D eigenvalue weighted by Crippen LogP contribution is 2.32. The van der Waals surface area contributed by atoms with Gasteiger partial charge < -0.3 is 10.2 Å². The van der Waals surface area contributed by atoms with E-state index in [0.29, 0.717) is 10.6 Å². The predicted octanol–water partition coefficient (Wildman–Crippen LogP) is 3.47. The Morgan fingerprint density at radius 3 is 2.15 bits per heavy atom. The molecule has 1 aliphatic heterocycles. The third-order valence-electron chi connectivity index (χ3n) is 4.63. The van der Waals surface area contributed by atoms with Gasteiger partial charge in [-0.3, -0.25) is 4.72 Å². The molecule has 0 aliphatic carbocycles. The number of benzene rings is 3. The maximum atomic E-state index is 13.0. The summed E-state index contributed by atoms with van der Waals surface area (Å²) in [6, 6.07) is 20.3. The van der Waals surface area contributed by atoms with Crippen LogP contribution in [0.1, 0.15) is 0 Å². The molecule has 3 aromatic carbocycles. The van der Waals surface area contributed by atoms with Gasteiger partial charge in [0.05, 0.1) is 4.90 Å². The molecule has 0 bridgehead atoms.